The third kappa shape index (κ3) is 4.17. The predicted octanol–water partition coefficient (Wildman–Crippen LogP) is 4.49. The van der Waals surface area contributed by atoms with Crippen molar-refractivity contribution in [2.24, 2.45) is 0 Å². The molecule has 4 unspecified atom stereocenters. The molecule has 0 N–H and O–H groups in total. The summed E-state index contributed by atoms with van der Waals surface area (Å²) in [7, 11) is 0. The molecule has 0 saturated carbocycles. The zero-order chi connectivity index (χ0) is 19.0. The van der Waals surface area contributed by atoms with Crippen LogP contribution in [-0.4, -0.2) is 60.7 Å². The Labute approximate surface area is 138 Å². The Morgan fingerprint density at radius 1 is 0.760 bits per heavy atom. The summed E-state index contributed by atoms with van der Waals surface area (Å²) < 4.78 is 124. The summed E-state index contributed by atoms with van der Waals surface area (Å²) in [4.78, 5) is 0.832. The van der Waals surface area contributed by atoms with Crippen molar-refractivity contribution in [3.8, 4) is 0 Å². The standard InChI is InChI=1S/C14H18F9NO/c15-10(14(21,22)23)12(17,18)8-4-3-5-9(25-8)13(19,20)11(16)24-6-1-2-7-24/h8-11H,1-7H2. The molecule has 2 heterocycles. The second-order valence-corrected chi connectivity index (χ2v) is 6.38. The number of ether oxygens (including phenoxy) is 1. The molecule has 0 aliphatic carbocycles. The summed E-state index contributed by atoms with van der Waals surface area (Å²) in [5, 5.41) is 0. The minimum absolute atomic E-state index is 0.0592. The van der Waals surface area contributed by atoms with Crippen LogP contribution in [0.1, 0.15) is 32.1 Å². The van der Waals surface area contributed by atoms with E-state index in [-0.39, 0.29) is 19.5 Å². The highest BCUT2D eigenvalue weighted by Crippen LogP contribution is 2.44. The Morgan fingerprint density at radius 3 is 1.72 bits per heavy atom. The molecule has 0 amide bonds. The average molecular weight is 387 g/mol. The molecule has 2 aliphatic rings. The van der Waals surface area contributed by atoms with E-state index in [9.17, 15) is 39.5 Å². The maximum Gasteiger partial charge on any atom is 0.425 e. The molecule has 148 valence electrons. The predicted molar refractivity (Wildman–Crippen MR) is 69.1 cm³/mol. The van der Waals surface area contributed by atoms with E-state index in [4.69, 9.17) is 0 Å². The van der Waals surface area contributed by atoms with E-state index in [1.165, 1.54) is 0 Å². The Hall–Kier alpha value is -0.710. The fourth-order valence-corrected chi connectivity index (χ4v) is 3.14. The monoisotopic (exact) mass is 387 g/mol. The number of hydrogen-bond acceptors (Lipinski definition) is 2. The molecule has 2 aliphatic heterocycles. The van der Waals surface area contributed by atoms with Crippen LogP contribution in [0.3, 0.4) is 0 Å². The first-order valence-corrected chi connectivity index (χ1v) is 7.88. The van der Waals surface area contributed by atoms with Gasteiger partial charge in [0.2, 0.25) is 6.30 Å². The van der Waals surface area contributed by atoms with Crippen molar-refractivity contribution >= 4 is 0 Å². The van der Waals surface area contributed by atoms with Crippen LogP contribution in [0.5, 0.6) is 0 Å². The zero-order valence-corrected chi connectivity index (χ0v) is 13.0. The van der Waals surface area contributed by atoms with Crippen LogP contribution in [0.25, 0.3) is 0 Å². The normalized spacial score (nSPS) is 29.6. The van der Waals surface area contributed by atoms with Gasteiger partial charge in [0.15, 0.2) is 0 Å². The number of likely N-dealkylation sites (tertiary alicyclic amines) is 1. The van der Waals surface area contributed by atoms with Crippen LogP contribution >= 0.6 is 0 Å². The lowest BCUT2D eigenvalue weighted by molar-refractivity contribution is -0.304. The highest BCUT2D eigenvalue weighted by atomic mass is 19.4. The van der Waals surface area contributed by atoms with E-state index >= 15 is 0 Å². The summed E-state index contributed by atoms with van der Waals surface area (Å²) in [6, 6.07) is 0. The largest absolute Gasteiger partial charge is 0.425 e. The molecule has 2 fully saturated rings. The second-order valence-electron chi connectivity index (χ2n) is 6.38. The van der Waals surface area contributed by atoms with Crippen molar-refractivity contribution in [3.05, 3.63) is 0 Å². The van der Waals surface area contributed by atoms with Crippen molar-refractivity contribution in [3.63, 3.8) is 0 Å². The van der Waals surface area contributed by atoms with Crippen LogP contribution in [0.4, 0.5) is 39.5 Å². The third-order valence-electron chi connectivity index (χ3n) is 4.52. The first kappa shape index (κ1) is 20.6. The van der Waals surface area contributed by atoms with Gasteiger partial charge in [-0.3, -0.25) is 4.90 Å². The number of halogens is 9. The van der Waals surface area contributed by atoms with Crippen LogP contribution in [0, 0.1) is 0 Å². The van der Waals surface area contributed by atoms with Gasteiger partial charge < -0.3 is 4.74 Å². The summed E-state index contributed by atoms with van der Waals surface area (Å²) in [5.74, 6) is -9.23. The molecule has 0 aromatic rings. The van der Waals surface area contributed by atoms with E-state index in [0.29, 0.717) is 12.8 Å². The van der Waals surface area contributed by atoms with Gasteiger partial charge in [-0.1, -0.05) is 0 Å². The number of alkyl halides is 9. The minimum Gasteiger partial charge on any atom is -0.362 e. The van der Waals surface area contributed by atoms with E-state index < -0.39 is 55.5 Å². The van der Waals surface area contributed by atoms with Gasteiger partial charge in [0.1, 0.15) is 12.2 Å². The Kier molecular flexibility index (Phi) is 5.87. The molecule has 2 rings (SSSR count). The molecule has 2 nitrogen and oxygen atoms in total. The first-order chi connectivity index (χ1) is 11.4. The SMILES string of the molecule is FC(N1CCCC1)C(F)(F)C1CCCC(C(F)(F)C(F)C(F)(F)F)O1. The van der Waals surface area contributed by atoms with Gasteiger partial charge in [-0.25, -0.2) is 17.6 Å². The lowest BCUT2D eigenvalue weighted by atomic mass is 9.94. The van der Waals surface area contributed by atoms with Gasteiger partial charge in [-0.05, 0) is 32.1 Å². The van der Waals surface area contributed by atoms with Crippen molar-refractivity contribution in [1.82, 2.24) is 4.90 Å². The average Bonchev–Trinajstić information content (AvgIpc) is 3.06. The molecule has 0 bridgehead atoms. The van der Waals surface area contributed by atoms with E-state index in [1.54, 1.807) is 0 Å². The lowest BCUT2D eigenvalue weighted by Crippen LogP contribution is -2.58. The van der Waals surface area contributed by atoms with Crippen LogP contribution < -0.4 is 0 Å². The molecule has 0 spiro atoms. The van der Waals surface area contributed by atoms with Gasteiger partial charge in [0, 0.05) is 13.1 Å². The zero-order valence-electron chi connectivity index (χ0n) is 13.0. The molecule has 0 aromatic carbocycles. The number of nitrogens with zero attached hydrogens (tertiary/aromatic N) is 1. The molecule has 4 atom stereocenters. The van der Waals surface area contributed by atoms with Gasteiger partial charge in [-0.2, -0.15) is 22.0 Å². The molecule has 25 heavy (non-hydrogen) atoms. The summed E-state index contributed by atoms with van der Waals surface area (Å²) in [6.07, 6.45) is -18.8. The fraction of sp³-hybridized carbons (Fsp3) is 1.00. The van der Waals surface area contributed by atoms with Gasteiger partial charge in [-0.15, -0.1) is 0 Å². The van der Waals surface area contributed by atoms with Gasteiger partial charge >= 0.3 is 18.0 Å². The fourth-order valence-electron chi connectivity index (χ4n) is 3.14. The molecule has 0 aromatic heterocycles. The highest BCUT2D eigenvalue weighted by molar-refractivity contribution is 4.96. The summed E-state index contributed by atoms with van der Waals surface area (Å²) >= 11 is 0. The maximum atomic E-state index is 14.2. The van der Waals surface area contributed by atoms with Crippen molar-refractivity contribution in [2.45, 2.75) is 74.8 Å². The third-order valence-corrected chi connectivity index (χ3v) is 4.52. The van der Waals surface area contributed by atoms with E-state index in [2.05, 4.69) is 4.74 Å². The second kappa shape index (κ2) is 7.13. The molecular weight excluding hydrogens is 369 g/mol. The van der Waals surface area contributed by atoms with Crippen molar-refractivity contribution in [2.75, 3.05) is 13.1 Å². The summed E-state index contributed by atoms with van der Waals surface area (Å²) in [6.45, 7) is 0.118. The Bertz CT molecular complexity index is 450. The number of rotatable bonds is 5. The Balaban J connectivity index is 2.11. The van der Waals surface area contributed by atoms with Crippen LogP contribution in [0.2, 0.25) is 0 Å². The highest BCUT2D eigenvalue weighted by Gasteiger charge is 2.63. The molecule has 0 radical (unpaired) electrons. The topological polar surface area (TPSA) is 12.5 Å². The first-order valence-electron chi connectivity index (χ1n) is 7.88. The van der Waals surface area contributed by atoms with Gasteiger partial charge in [0.25, 0.3) is 6.17 Å². The Morgan fingerprint density at radius 2 is 1.24 bits per heavy atom. The summed E-state index contributed by atoms with van der Waals surface area (Å²) in [5.41, 5.74) is 0. The number of hydrogen-bond donors (Lipinski definition) is 0. The van der Waals surface area contributed by atoms with Crippen LogP contribution in [-0.2, 0) is 4.74 Å². The quantitative estimate of drug-likeness (QED) is 0.509. The minimum atomic E-state index is -5.86. The molecule has 11 heteroatoms. The van der Waals surface area contributed by atoms with E-state index in [0.717, 1.165) is 4.90 Å². The smallest absolute Gasteiger partial charge is 0.362 e. The van der Waals surface area contributed by atoms with E-state index in [1.807, 2.05) is 0 Å². The van der Waals surface area contributed by atoms with Gasteiger partial charge in [0.05, 0.1) is 0 Å². The molecule has 2 saturated heterocycles. The molecular formula is C14H18F9NO. The van der Waals surface area contributed by atoms with Crippen molar-refractivity contribution < 1.29 is 44.3 Å². The maximum absolute atomic E-state index is 14.2. The van der Waals surface area contributed by atoms with Crippen molar-refractivity contribution in [1.29, 1.82) is 0 Å². The lowest BCUT2D eigenvalue weighted by Gasteiger charge is -2.40. The van der Waals surface area contributed by atoms with Crippen LogP contribution in [0.15, 0.2) is 0 Å².